The van der Waals surface area contributed by atoms with Crippen LogP contribution in [0.5, 0.6) is 0 Å². The first-order valence-electron chi connectivity index (χ1n) is 6.06. The Labute approximate surface area is 110 Å². The number of thiophene rings is 1. The van der Waals surface area contributed by atoms with Crippen molar-refractivity contribution >= 4 is 27.4 Å². The van der Waals surface area contributed by atoms with Crippen LogP contribution < -0.4 is 5.43 Å². The highest BCUT2D eigenvalue weighted by molar-refractivity contribution is 7.18. The first-order valence-corrected chi connectivity index (χ1v) is 6.87. The second-order valence-electron chi connectivity index (χ2n) is 4.40. The minimum atomic E-state index is 0.767. The average Bonchev–Trinajstić information content (AvgIpc) is 2.67. The van der Waals surface area contributed by atoms with Gasteiger partial charge in [-0.15, -0.1) is 11.3 Å². The van der Waals surface area contributed by atoms with Gasteiger partial charge in [-0.2, -0.15) is 0 Å². The van der Waals surface area contributed by atoms with Crippen LogP contribution in [0.25, 0.3) is 10.2 Å². The number of rotatable bonds is 2. The lowest BCUT2D eigenvalue weighted by molar-refractivity contribution is 0.0495. The van der Waals surface area contributed by atoms with Crippen molar-refractivity contribution in [2.45, 2.75) is 13.8 Å². The van der Waals surface area contributed by atoms with Crippen molar-refractivity contribution in [3.8, 4) is 0 Å². The van der Waals surface area contributed by atoms with Crippen LogP contribution >= 0.6 is 11.3 Å². The zero-order valence-electron chi connectivity index (χ0n) is 10.6. The fourth-order valence-corrected chi connectivity index (χ4v) is 3.09. The number of hydrogen-bond donors (Lipinski definition) is 1. The lowest BCUT2D eigenvalue weighted by Crippen LogP contribution is -2.40. The fraction of sp³-hybridized carbons (Fsp3) is 0.500. The molecule has 5 nitrogen and oxygen atoms in total. The molecule has 0 atom stereocenters. The van der Waals surface area contributed by atoms with Crippen LogP contribution in [-0.2, 0) is 4.74 Å². The molecule has 0 saturated carbocycles. The van der Waals surface area contributed by atoms with Gasteiger partial charge in [-0.25, -0.2) is 15.0 Å². The quantitative estimate of drug-likeness (QED) is 0.898. The van der Waals surface area contributed by atoms with E-state index >= 15 is 0 Å². The Morgan fingerprint density at radius 2 is 2.06 bits per heavy atom. The molecule has 1 aliphatic rings. The molecular formula is C12H16N4OS. The van der Waals surface area contributed by atoms with Gasteiger partial charge in [0.1, 0.15) is 11.2 Å². The highest BCUT2D eigenvalue weighted by Crippen LogP contribution is 2.32. The van der Waals surface area contributed by atoms with Gasteiger partial charge >= 0.3 is 0 Å². The summed E-state index contributed by atoms with van der Waals surface area (Å²) in [6.45, 7) is 7.55. The number of hydrazine groups is 1. The number of hydrogen-bond acceptors (Lipinski definition) is 6. The van der Waals surface area contributed by atoms with Gasteiger partial charge in [0.25, 0.3) is 0 Å². The zero-order chi connectivity index (χ0) is 12.5. The molecule has 1 fully saturated rings. The summed E-state index contributed by atoms with van der Waals surface area (Å²) >= 11 is 1.72. The summed E-state index contributed by atoms with van der Waals surface area (Å²) in [5.74, 6) is 0.906. The van der Waals surface area contributed by atoms with Gasteiger partial charge in [0.15, 0.2) is 5.82 Å². The lowest BCUT2D eigenvalue weighted by atomic mass is 10.2. The second-order valence-corrected chi connectivity index (χ2v) is 5.60. The van der Waals surface area contributed by atoms with Crippen molar-refractivity contribution < 1.29 is 4.74 Å². The third-order valence-electron chi connectivity index (χ3n) is 3.24. The van der Waals surface area contributed by atoms with Crippen LogP contribution in [0.4, 0.5) is 5.82 Å². The molecule has 0 radical (unpaired) electrons. The first-order chi connectivity index (χ1) is 8.75. The molecular weight excluding hydrogens is 248 g/mol. The summed E-state index contributed by atoms with van der Waals surface area (Å²) in [7, 11) is 0. The fourth-order valence-electron chi connectivity index (χ4n) is 2.09. The van der Waals surface area contributed by atoms with Gasteiger partial charge < -0.3 is 10.2 Å². The summed E-state index contributed by atoms with van der Waals surface area (Å²) in [6, 6.07) is 0. The lowest BCUT2D eigenvalue weighted by Gasteiger charge is -2.27. The van der Waals surface area contributed by atoms with E-state index in [0.717, 1.165) is 42.3 Å². The topological polar surface area (TPSA) is 50.3 Å². The van der Waals surface area contributed by atoms with Crippen molar-refractivity contribution in [1.29, 1.82) is 0 Å². The molecule has 3 rings (SSSR count). The third kappa shape index (κ3) is 2.07. The zero-order valence-corrected chi connectivity index (χ0v) is 11.4. The number of fused-ring (bicyclic) bond motifs is 1. The normalized spacial score (nSPS) is 17.2. The monoisotopic (exact) mass is 264 g/mol. The van der Waals surface area contributed by atoms with E-state index in [4.69, 9.17) is 4.74 Å². The van der Waals surface area contributed by atoms with Gasteiger partial charge in [-0.05, 0) is 19.4 Å². The number of anilines is 1. The highest BCUT2D eigenvalue weighted by Gasteiger charge is 2.15. The summed E-state index contributed by atoms with van der Waals surface area (Å²) < 4.78 is 5.34. The van der Waals surface area contributed by atoms with E-state index in [1.54, 1.807) is 17.7 Å². The standard InChI is InChI=1S/C12H16N4OS/c1-8-9(2)18-12-10(8)11(13-7-14-12)15-16-3-5-17-6-4-16/h7H,3-6H2,1-2H3,(H,13,14,15). The maximum Gasteiger partial charge on any atom is 0.152 e. The number of morpholine rings is 1. The Morgan fingerprint density at radius 3 is 2.83 bits per heavy atom. The number of ether oxygens (including phenoxy) is 1. The molecule has 0 aromatic carbocycles. The Balaban J connectivity index is 1.95. The van der Waals surface area contributed by atoms with E-state index in [0.29, 0.717) is 0 Å². The molecule has 96 valence electrons. The Hall–Kier alpha value is -1.24. The molecule has 1 aliphatic heterocycles. The van der Waals surface area contributed by atoms with Crippen molar-refractivity contribution in [2.24, 2.45) is 0 Å². The maximum absolute atomic E-state index is 5.34. The summed E-state index contributed by atoms with van der Waals surface area (Å²) in [5.41, 5.74) is 4.66. The van der Waals surface area contributed by atoms with E-state index in [2.05, 4.69) is 34.3 Å². The van der Waals surface area contributed by atoms with Crippen LogP contribution in [-0.4, -0.2) is 41.3 Å². The minimum Gasteiger partial charge on any atom is -0.379 e. The predicted octanol–water partition coefficient (Wildman–Crippen LogP) is 1.97. The molecule has 1 N–H and O–H groups in total. The van der Waals surface area contributed by atoms with Crippen LogP contribution in [0.1, 0.15) is 10.4 Å². The van der Waals surface area contributed by atoms with E-state index in [1.165, 1.54) is 10.4 Å². The Morgan fingerprint density at radius 1 is 1.28 bits per heavy atom. The summed E-state index contributed by atoms with van der Waals surface area (Å²) in [5, 5.41) is 3.30. The number of nitrogens with zero attached hydrogens (tertiary/aromatic N) is 3. The van der Waals surface area contributed by atoms with Gasteiger partial charge in [0, 0.05) is 18.0 Å². The third-order valence-corrected chi connectivity index (χ3v) is 4.36. The van der Waals surface area contributed by atoms with E-state index in [1.807, 2.05) is 0 Å². The van der Waals surface area contributed by atoms with Crippen LogP contribution in [0.3, 0.4) is 0 Å². The van der Waals surface area contributed by atoms with Gasteiger partial charge in [-0.1, -0.05) is 0 Å². The molecule has 2 aromatic rings. The highest BCUT2D eigenvalue weighted by atomic mass is 32.1. The van der Waals surface area contributed by atoms with Crippen LogP contribution in [0.2, 0.25) is 0 Å². The van der Waals surface area contributed by atoms with Gasteiger partial charge in [0.2, 0.25) is 0 Å². The molecule has 0 unspecified atom stereocenters. The van der Waals surface area contributed by atoms with Crippen LogP contribution in [0.15, 0.2) is 6.33 Å². The largest absolute Gasteiger partial charge is 0.379 e. The first kappa shape index (κ1) is 11.8. The molecule has 0 aliphatic carbocycles. The Kier molecular flexibility index (Phi) is 3.15. The van der Waals surface area contributed by atoms with Crippen molar-refractivity contribution in [2.75, 3.05) is 31.7 Å². The second kappa shape index (κ2) is 4.79. The number of aryl methyl sites for hydroxylation is 2. The SMILES string of the molecule is Cc1sc2ncnc(NN3CCOCC3)c2c1C. The summed E-state index contributed by atoms with van der Waals surface area (Å²) in [6.07, 6.45) is 1.63. The molecule has 2 aromatic heterocycles. The summed E-state index contributed by atoms with van der Waals surface area (Å²) in [4.78, 5) is 11.1. The number of aromatic nitrogens is 2. The molecule has 6 heteroatoms. The van der Waals surface area contributed by atoms with Gasteiger partial charge in [0.05, 0.1) is 18.6 Å². The van der Waals surface area contributed by atoms with E-state index < -0.39 is 0 Å². The molecule has 0 bridgehead atoms. The average molecular weight is 264 g/mol. The molecule has 3 heterocycles. The van der Waals surface area contributed by atoms with Gasteiger partial charge in [-0.3, -0.25) is 0 Å². The van der Waals surface area contributed by atoms with Crippen molar-refractivity contribution in [3.05, 3.63) is 16.8 Å². The van der Waals surface area contributed by atoms with Crippen molar-refractivity contribution in [3.63, 3.8) is 0 Å². The maximum atomic E-state index is 5.34. The molecule has 0 amide bonds. The molecule has 1 saturated heterocycles. The Bertz CT molecular complexity index is 562. The van der Waals surface area contributed by atoms with Crippen LogP contribution in [0, 0.1) is 13.8 Å². The van der Waals surface area contributed by atoms with Crippen molar-refractivity contribution in [1.82, 2.24) is 15.0 Å². The molecule has 0 spiro atoms. The van der Waals surface area contributed by atoms with E-state index in [-0.39, 0.29) is 0 Å². The number of nitrogens with one attached hydrogen (secondary N) is 1. The molecule has 18 heavy (non-hydrogen) atoms. The predicted molar refractivity (Wildman–Crippen MR) is 72.9 cm³/mol. The minimum absolute atomic E-state index is 0.767. The smallest absolute Gasteiger partial charge is 0.152 e. The van der Waals surface area contributed by atoms with E-state index in [9.17, 15) is 0 Å².